The lowest BCUT2D eigenvalue weighted by Gasteiger charge is -2.27. The molecule has 0 saturated carbocycles. The molecule has 2 rings (SSSR count). The van der Waals surface area contributed by atoms with Crippen LogP contribution in [0.2, 0.25) is 0 Å². The van der Waals surface area contributed by atoms with Crippen LogP contribution in [0.5, 0.6) is 0 Å². The zero-order valence-corrected chi connectivity index (χ0v) is 20.4. The van der Waals surface area contributed by atoms with Crippen molar-refractivity contribution in [2.24, 2.45) is 0 Å². The summed E-state index contributed by atoms with van der Waals surface area (Å²) >= 11 is 0. The van der Waals surface area contributed by atoms with E-state index in [1.165, 1.54) is 0 Å². The smallest absolute Gasteiger partial charge is 0.394 e. The fraction of sp³-hybridized carbons (Fsp3) is 1.00. The molecule has 2 fully saturated rings. The number of aliphatic hydroxyl groups excluding tert-OH is 5. The molecule has 0 spiro atoms. The maximum Gasteiger partial charge on any atom is 0.490 e. The number of hydrogen-bond acceptors (Lipinski definition) is 16. The van der Waals surface area contributed by atoms with Gasteiger partial charge in [-0.15, -0.1) is 0 Å². The number of hydrogen-bond donors (Lipinski definition) is 10. The molecule has 0 bridgehead atoms. The number of ether oxygens (including phenoxy) is 2. The summed E-state index contributed by atoms with van der Waals surface area (Å²) in [4.78, 5) is 45.0. The molecule has 0 aromatic heterocycles. The van der Waals surface area contributed by atoms with E-state index in [9.17, 15) is 43.6 Å². The van der Waals surface area contributed by atoms with E-state index in [0.717, 1.165) is 0 Å². The summed E-state index contributed by atoms with van der Waals surface area (Å²) < 4.78 is 78.0. The molecule has 0 aliphatic carbocycles. The Morgan fingerprint density at radius 3 is 1.57 bits per heavy atom. The van der Waals surface area contributed by atoms with E-state index in [4.69, 9.17) is 34.2 Å². The topological polar surface area (TPSA) is 335 Å². The van der Waals surface area contributed by atoms with Crippen molar-refractivity contribution in [1.82, 2.24) is 0 Å². The van der Waals surface area contributed by atoms with E-state index in [-0.39, 0.29) is 0 Å². The van der Waals surface area contributed by atoms with Gasteiger partial charge in [0.25, 0.3) is 0 Å². The molecule has 2 heterocycles. The van der Waals surface area contributed by atoms with Gasteiger partial charge in [-0.05, 0) is 0 Å². The molecule has 10 atom stereocenters. The van der Waals surface area contributed by atoms with Gasteiger partial charge in [-0.2, -0.15) is 8.62 Å². The average molecular weight is 602 g/mol. The Hall–Kier alpha value is 0.240. The van der Waals surface area contributed by atoms with Crippen molar-refractivity contribution in [2.75, 3.05) is 13.2 Å². The highest BCUT2D eigenvalue weighted by molar-refractivity contribution is 7.66. The van der Waals surface area contributed by atoms with Crippen LogP contribution in [0.1, 0.15) is 0 Å². The number of rotatable bonds is 12. The number of phosphoric ester groups is 2. The lowest BCUT2D eigenvalue weighted by Crippen LogP contribution is -2.37. The molecule has 0 aromatic carbocycles. The molecular formula is C10H22O21P4. The second-order valence-corrected chi connectivity index (χ2v) is 12.5. The van der Waals surface area contributed by atoms with Gasteiger partial charge in [0.2, 0.25) is 0 Å². The van der Waals surface area contributed by atoms with Gasteiger partial charge in [-0.25, -0.2) is 18.3 Å². The normalized spacial score (nSPS) is 37.8. The van der Waals surface area contributed by atoms with Crippen LogP contribution in [0.3, 0.4) is 0 Å². The number of aliphatic hydroxyl groups is 5. The molecule has 0 aromatic rings. The van der Waals surface area contributed by atoms with Crippen molar-refractivity contribution in [3.05, 3.63) is 0 Å². The molecule has 4 unspecified atom stereocenters. The van der Waals surface area contributed by atoms with Gasteiger partial charge in [-0.3, -0.25) is 13.6 Å². The SMILES string of the molecule is O=P(O)(O)O[C@H]1C(OP(=O)(OC2O[C@H](CO)[C@@H](O)[C@H]2O)OP(=O)(O)OP(=O)(O)O)O[C@H](CO)[C@H]1O. The summed E-state index contributed by atoms with van der Waals surface area (Å²) in [7, 11) is -23.2. The van der Waals surface area contributed by atoms with Crippen molar-refractivity contribution < 1.29 is 99.9 Å². The monoisotopic (exact) mass is 602 g/mol. The van der Waals surface area contributed by atoms with Crippen molar-refractivity contribution in [1.29, 1.82) is 0 Å². The van der Waals surface area contributed by atoms with E-state index in [1.807, 2.05) is 0 Å². The molecule has 2 aliphatic heterocycles. The van der Waals surface area contributed by atoms with Gasteiger partial charge >= 0.3 is 31.3 Å². The van der Waals surface area contributed by atoms with E-state index < -0.39 is 93.7 Å². The minimum absolute atomic E-state index is 0.932. The Kier molecular flexibility index (Phi) is 10.4. The molecule has 21 nitrogen and oxygen atoms in total. The van der Waals surface area contributed by atoms with Gasteiger partial charge in [0.1, 0.15) is 36.6 Å². The third-order valence-electron chi connectivity index (χ3n) is 4.11. The van der Waals surface area contributed by atoms with Gasteiger partial charge in [0, 0.05) is 0 Å². The van der Waals surface area contributed by atoms with E-state index >= 15 is 0 Å². The fourth-order valence-electron chi connectivity index (χ4n) is 2.76. The molecule has 0 radical (unpaired) electrons. The van der Waals surface area contributed by atoms with Crippen LogP contribution < -0.4 is 0 Å². The molecule has 2 saturated heterocycles. The predicted molar refractivity (Wildman–Crippen MR) is 100 cm³/mol. The lowest BCUT2D eigenvalue weighted by molar-refractivity contribution is -0.156. The molecule has 25 heteroatoms. The fourth-order valence-corrected chi connectivity index (χ4v) is 6.98. The highest BCUT2D eigenvalue weighted by Crippen LogP contribution is 2.69. The van der Waals surface area contributed by atoms with Crippen molar-refractivity contribution >= 4 is 31.3 Å². The average Bonchev–Trinajstić information content (AvgIpc) is 3.08. The van der Waals surface area contributed by atoms with Gasteiger partial charge in [0.15, 0.2) is 12.6 Å². The summed E-state index contributed by atoms with van der Waals surface area (Å²) in [6, 6.07) is 0. The molecule has 10 N–H and O–H groups in total. The second kappa shape index (κ2) is 11.5. The quantitative estimate of drug-likeness (QED) is 0.0962. The largest absolute Gasteiger partial charge is 0.490 e. The van der Waals surface area contributed by atoms with Gasteiger partial charge < -0.3 is 59.5 Å². The van der Waals surface area contributed by atoms with Crippen LogP contribution in [0.15, 0.2) is 0 Å². The van der Waals surface area contributed by atoms with Crippen LogP contribution in [0.25, 0.3) is 0 Å². The van der Waals surface area contributed by atoms with Crippen molar-refractivity contribution in [3.63, 3.8) is 0 Å². The first-order valence-electron chi connectivity index (χ1n) is 8.88. The van der Waals surface area contributed by atoms with Crippen LogP contribution in [0, 0.1) is 0 Å². The third-order valence-corrected chi connectivity index (χ3v) is 8.86. The standard InChI is InChI=1S/C10H22O21P4/c11-1-3-5(13)7(15)9(25-3)28-35(24,31-34(22,23)30-33(19,20)21)29-10-8(27-32(16,17)18)6(14)4(2-12)26-10/h3-15H,1-2H2,(H,22,23)(H2,16,17,18)(H2,19,20,21)/t3-,4-,5-,6-,7-,8-,9?,10?,35?/m1/s1. The molecule has 35 heavy (non-hydrogen) atoms. The maximum absolute atomic E-state index is 13.1. The Morgan fingerprint density at radius 1 is 0.629 bits per heavy atom. The Labute approximate surface area is 194 Å². The van der Waals surface area contributed by atoms with Gasteiger partial charge in [0.05, 0.1) is 13.2 Å². The predicted octanol–water partition coefficient (Wildman–Crippen LogP) is -3.65. The molecule has 208 valence electrons. The van der Waals surface area contributed by atoms with Crippen LogP contribution in [-0.2, 0) is 49.9 Å². The van der Waals surface area contributed by atoms with Crippen LogP contribution in [0.4, 0.5) is 0 Å². The summed E-state index contributed by atoms with van der Waals surface area (Å²) in [5.41, 5.74) is 0. The maximum atomic E-state index is 13.1. The Balaban J connectivity index is 2.39. The zero-order valence-electron chi connectivity index (χ0n) is 16.8. The van der Waals surface area contributed by atoms with E-state index in [2.05, 4.69) is 22.2 Å². The second-order valence-electron chi connectivity index (χ2n) is 6.76. The summed E-state index contributed by atoms with van der Waals surface area (Å²) in [6.07, 6.45) is -16.4. The molecule has 0 amide bonds. The highest BCUT2D eigenvalue weighted by atomic mass is 31.3. The molecule has 2 aliphatic rings. The Morgan fingerprint density at radius 2 is 1.11 bits per heavy atom. The first-order valence-corrected chi connectivity index (χ1v) is 14.9. The zero-order chi connectivity index (χ0) is 27.0. The van der Waals surface area contributed by atoms with E-state index in [1.54, 1.807) is 0 Å². The van der Waals surface area contributed by atoms with Crippen LogP contribution in [-0.4, -0.2) is 112 Å². The van der Waals surface area contributed by atoms with Crippen molar-refractivity contribution in [3.8, 4) is 0 Å². The number of phosphoric acid groups is 4. The first-order chi connectivity index (χ1) is 15.8. The van der Waals surface area contributed by atoms with Crippen LogP contribution >= 0.6 is 31.3 Å². The van der Waals surface area contributed by atoms with Gasteiger partial charge in [-0.1, -0.05) is 0 Å². The summed E-state index contributed by atoms with van der Waals surface area (Å²) in [5.74, 6) is 0. The first kappa shape index (κ1) is 31.5. The summed E-state index contributed by atoms with van der Waals surface area (Å²) in [5, 5.41) is 48.0. The highest BCUT2D eigenvalue weighted by Gasteiger charge is 2.55. The lowest BCUT2D eigenvalue weighted by atomic mass is 10.1. The Bertz CT molecular complexity index is 914. The molecular weight excluding hydrogens is 580 g/mol. The minimum atomic E-state index is -6.09. The summed E-state index contributed by atoms with van der Waals surface area (Å²) in [6.45, 7) is -1.97. The third kappa shape index (κ3) is 8.90. The van der Waals surface area contributed by atoms with E-state index in [0.29, 0.717) is 0 Å². The minimum Gasteiger partial charge on any atom is -0.394 e. The van der Waals surface area contributed by atoms with Crippen molar-refractivity contribution in [2.45, 2.75) is 49.2 Å².